The lowest BCUT2D eigenvalue weighted by Gasteiger charge is -2.17. The number of hydrogen-bond acceptors (Lipinski definition) is 2. The molecule has 17 heavy (non-hydrogen) atoms. The molecule has 4 heteroatoms. The van der Waals surface area contributed by atoms with Crippen molar-refractivity contribution < 1.29 is 14.3 Å². The SMILES string of the molecule is Cc1cc(C(NCC(C)C)C(=O)O)ccc1F. The van der Waals surface area contributed by atoms with Crippen LogP contribution in [0.15, 0.2) is 18.2 Å². The molecule has 0 saturated heterocycles. The Bertz CT molecular complexity index is 404. The highest BCUT2D eigenvalue weighted by Gasteiger charge is 2.19. The Morgan fingerprint density at radius 2 is 2.12 bits per heavy atom. The summed E-state index contributed by atoms with van der Waals surface area (Å²) in [5.74, 6) is -0.906. The molecule has 0 aliphatic heterocycles. The Morgan fingerprint density at radius 3 is 2.59 bits per heavy atom. The van der Waals surface area contributed by atoms with Crippen LogP contribution in [0, 0.1) is 18.7 Å². The third-order valence-corrected chi connectivity index (χ3v) is 2.49. The quantitative estimate of drug-likeness (QED) is 0.830. The molecule has 0 aliphatic rings. The summed E-state index contributed by atoms with van der Waals surface area (Å²) in [6, 6.07) is 3.60. The first-order valence-electron chi connectivity index (χ1n) is 5.64. The van der Waals surface area contributed by atoms with Crippen LogP contribution < -0.4 is 5.32 Å². The molecule has 1 atom stereocenters. The number of aliphatic carboxylic acids is 1. The van der Waals surface area contributed by atoms with Crippen molar-refractivity contribution in [2.75, 3.05) is 6.54 Å². The third kappa shape index (κ3) is 3.82. The molecule has 0 bridgehead atoms. The van der Waals surface area contributed by atoms with Crippen LogP contribution in [0.25, 0.3) is 0 Å². The average Bonchev–Trinajstić information content (AvgIpc) is 2.22. The fourth-order valence-electron chi connectivity index (χ4n) is 1.55. The van der Waals surface area contributed by atoms with Crippen molar-refractivity contribution >= 4 is 5.97 Å². The number of rotatable bonds is 5. The highest BCUT2D eigenvalue weighted by molar-refractivity contribution is 5.75. The van der Waals surface area contributed by atoms with Crippen LogP contribution in [0.1, 0.15) is 31.0 Å². The Hall–Kier alpha value is -1.42. The van der Waals surface area contributed by atoms with Gasteiger partial charge in [-0.15, -0.1) is 0 Å². The molecule has 0 heterocycles. The Morgan fingerprint density at radius 1 is 1.47 bits per heavy atom. The summed E-state index contributed by atoms with van der Waals surface area (Å²) in [4.78, 5) is 11.2. The van der Waals surface area contributed by atoms with Crippen LogP contribution in [0.3, 0.4) is 0 Å². The molecule has 1 rings (SSSR count). The number of carbonyl (C=O) groups is 1. The highest BCUT2D eigenvalue weighted by Crippen LogP contribution is 2.17. The molecule has 0 radical (unpaired) electrons. The topological polar surface area (TPSA) is 49.3 Å². The largest absolute Gasteiger partial charge is 0.480 e. The first-order valence-corrected chi connectivity index (χ1v) is 5.64. The standard InChI is InChI=1S/C13H18FNO2/c1-8(2)7-15-12(13(16)17)10-4-5-11(14)9(3)6-10/h4-6,8,12,15H,7H2,1-3H3,(H,16,17). The van der Waals surface area contributed by atoms with Gasteiger partial charge in [-0.1, -0.05) is 26.0 Å². The molecule has 0 saturated carbocycles. The predicted molar refractivity (Wildman–Crippen MR) is 64.4 cm³/mol. The molecule has 0 aliphatic carbocycles. The Kier molecular flexibility index (Phi) is 4.63. The monoisotopic (exact) mass is 239 g/mol. The summed E-state index contributed by atoms with van der Waals surface area (Å²) in [5.41, 5.74) is 1.04. The molecular weight excluding hydrogens is 221 g/mol. The zero-order valence-corrected chi connectivity index (χ0v) is 10.3. The van der Waals surface area contributed by atoms with E-state index in [4.69, 9.17) is 5.11 Å². The number of aryl methyl sites for hydroxylation is 1. The van der Waals surface area contributed by atoms with Crippen molar-refractivity contribution in [3.8, 4) is 0 Å². The molecule has 3 nitrogen and oxygen atoms in total. The van der Waals surface area contributed by atoms with Crippen molar-refractivity contribution in [3.63, 3.8) is 0 Å². The van der Waals surface area contributed by atoms with E-state index in [0.717, 1.165) is 0 Å². The van der Waals surface area contributed by atoms with Crippen LogP contribution >= 0.6 is 0 Å². The van der Waals surface area contributed by atoms with E-state index in [9.17, 15) is 9.18 Å². The molecule has 0 fully saturated rings. The van der Waals surface area contributed by atoms with Gasteiger partial charge >= 0.3 is 5.97 Å². The smallest absolute Gasteiger partial charge is 0.325 e. The Labute approximate surface area is 101 Å². The van der Waals surface area contributed by atoms with Crippen molar-refractivity contribution in [2.45, 2.75) is 26.8 Å². The van der Waals surface area contributed by atoms with Crippen LogP contribution in [0.5, 0.6) is 0 Å². The van der Waals surface area contributed by atoms with E-state index < -0.39 is 12.0 Å². The van der Waals surface area contributed by atoms with E-state index in [1.807, 2.05) is 13.8 Å². The maximum Gasteiger partial charge on any atom is 0.325 e. The zero-order chi connectivity index (χ0) is 13.0. The van der Waals surface area contributed by atoms with Crippen LogP contribution in [-0.2, 0) is 4.79 Å². The third-order valence-electron chi connectivity index (χ3n) is 2.49. The van der Waals surface area contributed by atoms with Gasteiger partial charge in [-0.3, -0.25) is 4.79 Å². The van der Waals surface area contributed by atoms with Gasteiger partial charge in [0.25, 0.3) is 0 Å². The fraction of sp³-hybridized carbons (Fsp3) is 0.462. The highest BCUT2D eigenvalue weighted by atomic mass is 19.1. The molecule has 1 aromatic rings. The minimum atomic E-state index is -0.948. The number of benzene rings is 1. The molecule has 1 aromatic carbocycles. The van der Waals surface area contributed by atoms with Crippen LogP contribution in [-0.4, -0.2) is 17.6 Å². The van der Waals surface area contributed by atoms with Crippen molar-refractivity contribution in [3.05, 3.63) is 35.1 Å². The number of hydrogen-bond donors (Lipinski definition) is 2. The van der Waals surface area contributed by atoms with Gasteiger partial charge in [-0.25, -0.2) is 4.39 Å². The molecule has 0 spiro atoms. The van der Waals surface area contributed by atoms with E-state index >= 15 is 0 Å². The molecule has 2 N–H and O–H groups in total. The van der Waals surface area contributed by atoms with Crippen LogP contribution in [0.4, 0.5) is 4.39 Å². The molecule has 0 aromatic heterocycles. The lowest BCUT2D eigenvalue weighted by atomic mass is 10.0. The van der Waals surface area contributed by atoms with Crippen LogP contribution in [0.2, 0.25) is 0 Å². The van der Waals surface area contributed by atoms with Gasteiger partial charge in [0.05, 0.1) is 0 Å². The minimum Gasteiger partial charge on any atom is -0.480 e. The summed E-state index contributed by atoms with van der Waals surface area (Å²) >= 11 is 0. The molecule has 1 unspecified atom stereocenters. The molecule has 94 valence electrons. The van der Waals surface area contributed by atoms with Gasteiger partial charge in [-0.2, -0.15) is 0 Å². The normalized spacial score (nSPS) is 12.8. The van der Waals surface area contributed by atoms with Gasteiger partial charge < -0.3 is 10.4 Å². The number of halogens is 1. The average molecular weight is 239 g/mol. The molecular formula is C13H18FNO2. The number of nitrogens with one attached hydrogen (secondary N) is 1. The second kappa shape index (κ2) is 5.77. The fourth-order valence-corrected chi connectivity index (χ4v) is 1.55. The van der Waals surface area contributed by atoms with E-state index in [1.165, 1.54) is 12.1 Å². The second-order valence-corrected chi connectivity index (χ2v) is 4.58. The van der Waals surface area contributed by atoms with E-state index in [0.29, 0.717) is 23.6 Å². The first-order chi connectivity index (χ1) is 7.91. The lowest BCUT2D eigenvalue weighted by molar-refractivity contribution is -0.139. The van der Waals surface area contributed by atoms with Crippen molar-refractivity contribution in [2.24, 2.45) is 5.92 Å². The summed E-state index contributed by atoms with van der Waals surface area (Å²) in [7, 11) is 0. The first kappa shape index (κ1) is 13.6. The van der Waals surface area contributed by atoms with E-state index in [-0.39, 0.29) is 5.82 Å². The second-order valence-electron chi connectivity index (χ2n) is 4.58. The van der Waals surface area contributed by atoms with E-state index in [2.05, 4.69) is 5.32 Å². The number of carboxylic acids is 1. The summed E-state index contributed by atoms with van der Waals surface area (Å²) in [5, 5.41) is 12.1. The van der Waals surface area contributed by atoms with Gasteiger partial charge in [0.2, 0.25) is 0 Å². The minimum absolute atomic E-state index is 0.318. The van der Waals surface area contributed by atoms with Gasteiger partial charge in [0.15, 0.2) is 0 Å². The van der Waals surface area contributed by atoms with Gasteiger partial charge in [0.1, 0.15) is 11.9 Å². The maximum absolute atomic E-state index is 13.1. The summed E-state index contributed by atoms with van der Waals surface area (Å²) < 4.78 is 13.1. The van der Waals surface area contributed by atoms with Gasteiger partial charge in [0, 0.05) is 0 Å². The Balaban J connectivity index is 2.89. The predicted octanol–water partition coefficient (Wildman–Crippen LogP) is 2.51. The maximum atomic E-state index is 13.1. The lowest BCUT2D eigenvalue weighted by Crippen LogP contribution is -2.31. The molecule has 0 amide bonds. The van der Waals surface area contributed by atoms with E-state index in [1.54, 1.807) is 13.0 Å². The van der Waals surface area contributed by atoms with Crippen molar-refractivity contribution in [1.82, 2.24) is 5.32 Å². The zero-order valence-electron chi connectivity index (χ0n) is 10.3. The number of carboxylic acid groups (broad SMARTS) is 1. The van der Waals surface area contributed by atoms with Crippen molar-refractivity contribution in [1.29, 1.82) is 0 Å². The summed E-state index contributed by atoms with van der Waals surface area (Å²) in [6.45, 7) is 6.23. The summed E-state index contributed by atoms with van der Waals surface area (Å²) in [6.07, 6.45) is 0. The van der Waals surface area contributed by atoms with Gasteiger partial charge in [-0.05, 0) is 36.6 Å².